The first-order valence-corrected chi connectivity index (χ1v) is 10.6. The maximum Gasteiger partial charge on any atom is 0.242 e. The fourth-order valence-corrected chi connectivity index (χ4v) is 3.57. The standard InChI is InChI=1S/C20H20ClN3O4S/c1-24(2)29(26,27)17-9-7-16(8-10-17)23-19(25)11-12-20-22-13-18(28-20)14-3-5-15(21)6-4-14/h3-10,13H,11-12H2,1-2H3,(H,23,25). The second kappa shape index (κ2) is 8.77. The van der Waals surface area contributed by atoms with E-state index < -0.39 is 10.0 Å². The van der Waals surface area contributed by atoms with Crippen molar-refractivity contribution >= 4 is 33.2 Å². The molecule has 7 nitrogen and oxygen atoms in total. The van der Waals surface area contributed by atoms with Gasteiger partial charge in [-0.15, -0.1) is 0 Å². The van der Waals surface area contributed by atoms with Gasteiger partial charge in [0, 0.05) is 43.2 Å². The summed E-state index contributed by atoms with van der Waals surface area (Å²) in [5, 5.41) is 3.37. The first kappa shape index (κ1) is 21.0. The van der Waals surface area contributed by atoms with Crippen LogP contribution < -0.4 is 5.32 Å². The first-order valence-electron chi connectivity index (χ1n) is 8.79. The Morgan fingerprint density at radius 2 is 1.76 bits per heavy atom. The van der Waals surface area contributed by atoms with E-state index in [1.165, 1.54) is 26.2 Å². The molecule has 152 valence electrons. The minimum Gasteiger partial charge on any atom is -0.441 e. The molecule has 1 aromatic heterocycles. The number of benzene rings is 2. The summed E-state index contributed by atoms with van der Waals surface area (Å²) in [7, 11) is -0.570. The van der Waals surface area contributed by atoms with E-state index in [1.54, 1.807) is 30.5 Å². The summed E-state index contributed by atoms with van der Waals surface area (Å²) in [6.45, 7) is 0. The quantitative estimate of drug-likeness (QED) is 0.611. The molecule has 0 atom stereocenters. The van der Waals surface area contributed by atoms with Crippen molar-refractivity contribution in [3.63, 3.8) is 0 Å². The zero-order valence-electron chi connectivity index (χ0n) is 15.9. The van der Waals surface area contributed by atoms with Gasteiger partial charge in [0.1, 0.15) is 0 Å². The molecule has 2 aromatic carbocycles. The topological polar surface area (TPSA) is 92.5 Å². The largest absolute Gasteiger partial charge is 0.441 e. The molecule has 0 unspecified atom stereocenters. The summed E-state index contributed by atoms with van der Waals surface area (Å²) in [5.74, 6) is 0.840. The van der Waals surface area contributed by atoms with Crippen molar-refractivity contribution in [2.45, 2.75) is 17.7 Å². The van der Waals surface area contributed by atoms with Crippen LogP contribution in [-0.4, -0.2) is 37.7 Å². The number of oxazole rings is 1. The molecule has 0 aliphatic rings. The molecule has 0 saturated carbocycles. The zero-order chi connectivity index (χ0) is 21.0. The van der Waals surface area contributed by atoms with Gasteiger partial charge in [0.25, 0.3) is 0 Å². The predicted molar refractivity (Wildman–Crippen MR) is 111 cm³/mol. The number of rotatable bonds is 7. The number of halogens is 1. The lowest BCUT2D eigenvalue weighted by atomic mass is 10.2. The second-order valence-electron chi connectivity index (χ2n) is 6.49. The summed E-state index contributed by atoms with van der Waals surface area (Å²) < 4.78 is 30.9. The highest BCUT2D eigenvalue weighted by molar-refractivity contribution is 7.89. The average molecular weight is 434 g/mol. The van der Waals surface area contributed by atoms with Crippen LogP contribution in [0, 0.1) is 0 Å². The van der Waals surface area contributed by atoms with Crippen molar-refractivity contribution < 1.29 is 17.6 Å². The third-order valence-electron chi connectivity index (χ3n) is 4.16. The van der Waals surface area contributed by atoms with Crippen molar-refractivity contribution in [3.8, 4) is 11.3 Å². The van der Waals surface area contributed by atoms with E-state index in [0.717, 1.165) is 9.87 Å². The van der Waals surface area contributed by atoms with Gasteiger partial charge in [0.15, 0.2) is 11.7 Å². The molecule has 3 aromatic rings. The number of carbonyl (C=O) groups excluding carboxylic acids is 1. The average Bonchev–Trinajstić information content (AvgIpc) is 3.16. The van der Waals surface area contributed by atoms with Gasteiger partial charge in [-0.2, -0.15) is 0 Å². The van der Waals surface area contributed by atoms with E-state index in [-0.39, 0.29) is 17.2 Å². The molecule has 1 amide bonds. The Balaban J connectivity index is 1.56. The van der Waals surface area contributed by atoms with Gasteiger partial charge < -0.3 is 9.73 Å². The molecule has 29 heavy (non-hydrogen) atoms. The van der Waals surface area contributed by atoms with E-state index in [2.05, 4.69) is 10.3 Å². The lowest BCUT2D eigenvalue weighted by Gasteiger charge is -2.12. The highest BCUT2D eigenvalue weighted by atomic mass is 35.5. The van der Waals surface area contributed by atoms with Crippen molar-refractivity contribution in [2.24, 2.45) is 0 Å². The van der Waals surface area contributed by atoms with Crippen LogP contribution in [0.25, 0.3) is 11.3 Å². The summed E-state index contributed by atoms with van der Waals surface area (Å²) >= 11 is 5.88. The number of hydrogen-bond acceptors (Lipinski definition) is 5. The molecule has 0 radical (unpaired) electrons. The Kier molecular flexibility index (Phi) is 6.36. The molecule has 0 aliphatic heterocycles. The van der Waals surface area contributed by atoms with E-state index in [1.807, 2.05) is 12.1 Å². The summed E-state index contributed by atoms with van der Waals surface area (Å²) in [6, 6.07) is 13.2. The van der Waals surface area contributed by atoms with Crippen LogP contribution in [0.3, 0.4) is 0 Å². The number of amides is 1. The van der Waals surface area contributed by atoms with Crippen molar-refractivity contribution in [2.75, 3.05) is 19.4 Å². The lowest BCUT2D eigenvalue weighted by Crippen LogP contribution is -2.22. The molecular formula is C20H20ClN3O4S. The van der Waals surface area contributed by atoms with Crippen molar-refractivity contribution in [1.82, 2.24) is 9.29 Å². The number of aromatic nitrogens is 1. The maximum absolute atomic E-state index is 12.2. The van der Waals surface area contributed by atoms with E-state index in [4.69, 9.17) is 16.0 Å². The fourth-order valence-electron chi connectivity index (χ4n) is 2.54. The Hall–Kier alpha value is -2.68. The Morgan fingerprint density at radius 1 is 1.10 bits per heavy atom. The zero-order valence-corrected chi connectivity index (χ0v) is 17.5. The number of aryl methyl sites for hydroxylation is 1. The third kappa shape index (κ3) is 5.23. The summed E-state index contributed by atoms with van der Waals surface area (Å²) in [6.07, 6.45) is 2.13. The minimum absolute atomic E-state index is 0.162. The number of hydrogen-bond donors (Lipinski definition) is 1. The van der Waals surface area contributed by atoms with E-state index >= 15 is 0 Å². The molecule has 1 heterocycles. The fraction of sp³-hybridized carbons (Fsp3) is 0.200. The van der Waals surface area contributed by atoms with Gasteiger partial charge in [-0.05, 0) is 48.5 Å². The number of carbonyl (C=O) groups is 1. The molecule has 1 N–H and O–H groups in total. The van der Waals surface area contributed by atoms with Gasteiger partial charge in [-0.3, -0.25) is 4.79 Å². The lowest BCUT2D eigenvalue weighted by molar-refractivity contribution is -0.116. The third-order valence-corrected chi connectivity index (χ3v) is 6.25. The van der Waals surface area contributed by atoms with Gasteiger partial charge in [-0.1, -0.05) is 11.6 Å². The minimum atomic E-state index is -3.50. The predicted octanol–water partition coefficient (Wildman–Crippen LogP) is 3.82. The number of sulfonamides is 1. The number of nitrogens with one attached hydrogen (secondary N) is 1. The Morgan fingerprint density at radius 3 is 2.38 bits per heavy atom. The number of anilines is 1. The Labute approximate surface area is 174 Å². The molecule has 0 bridgehead atoms. The van der Waals surface area contributed by atoms with Crippen molar-refractivity contribution in [1.29, 1.82) is 0 Å². The molecule has 3 rings (SSSR count). The number of nitrogens with zero attached hydrogens (tertiary/aromatic N) is 2. The van der Waals surface area contributed by atoms with Crippen LogP contribution in [0.5, 0.6) is 0 Å². The van der Waals surface area contributed by atoms with Crippen molar-refractivity contribution in [3.05, 3.63) is 65.6 Å². The molecule has 0 aliphatic carbocycles. The molecule has 0 saturated heterocycles. The Bertz CT molecular complexity index is 1090. The van der Waals surface area contributed by atoms with Gasteiger partial charge in [0.05, 0.1) is 11.1 Å². The molecule has 0 spiro atoms. The highest BCUT2D eigenvalue weighted by Crippen LogP contribution is 2.23. The first-order chi connectivity index (χ1) is 13.8. The van der Waals surface area contributed by atoms with Crippen LogP contribution in [0.1, 0.15) is 12.3 Å². The molecule has 9 heteroatoms. The van der Waals surface area contributed by atoms with E-state index in [0.29, 0.717) is 28.8 Å². The summed E-state index contributed by atoms with van der Waals surface area (Å²) in [5.41, 5.74) is 1.37. The van der Waals surface area contributed by atoms with Crippen LogP contribution >= 0.6 is 11.6 Å². The molecular weight excluding hydrogens is 414 g/mol. The highest BCUT2D eigenvalue weighted by Gasteiger charge is 2.17. The second-order valence-corrected chi connectivity index (χ2v) is 9.07. The van der Waals surface area contributed by atoms with Gasteiger partial charge >= 0.3 is 0 Å². The monoisotopic (exact) mass is 433 g/mol. The van der Waals surface area contributed by atoms with Crippen LogP contribution in [0.4, 0.5) is 5.69 Å². The molecule has 0 fully saturated rings. The normalized spacial score (nSPS) is 11.6. The van der Waals surface area contributed by atoms with Crippen LogP contribution in [-0.2, 0) is 21.2 Å². The summed E-state index contributed by atoms with van der Waals surface area (Å²) in [4.78, 5) is 16.5. The van der Waals surface area contributed by atoms with Gasteiger partial charge in [0.2, 0.25) is 15.9 Å². The smallest absolute Gasteiger partial charge is 0.242 e. The maximum atomic E-state index is 12.2. The van der Waals surface area contributed by atoms with Crippen LogP contribution in [0.15, 0.2) is 64.0 Å². The SMILES string of the molecule is CN(C)S(=O)(=O)c1ccc(NC(=O)CCc2ncc(-c3ccc(Cl)cc3)o2)cc1. The van der Waals surface area contributed by atoms with E-state index in [9.17, 15) is 13.2 Å². The van der Waals surface area contributed by atoms with Crippen LogP contribution in [0.2, 0.25) is 5.02 Å². The van der Waals surface area contributed by atoms with Gasteiger partial charge in [-0.25, -0.2) is 17.7 Å².